The highest BCUT2D eigenvalue weighted by Gasteiger charge is 2.40. The van der Waals surface area contributed by atoms with Crippen LogP contribution in [0.1, 0.15) is 26.2 Å². The SMILES string of the molecule is CC1OCCC1C(=O)N(CC(=O)O)C1CC1. The summed E-state index contributed by atoms with van der Waals surface area (Å²) in [4.78, 5) is 24.4. The van der Waals surface area contributed by atoms with Crippen molar-refractivity contribution < 1.29 is 19.4 Å². The molecule has 16 heavy (non-hydrogen) atoms. The standard InChI is InChI=1S/C11H17NO4/c1-7-9(4-5-16-7)11(15)12(6-10(13)14)8-2-3-8/h7-9H,2-6H2,1H3,(H,13,14). The number of ether oxygens (including phenoxy) is 1. The molecule has 5 heteroatoms. The fourth-order valence-electron chi connectivity index (χ4n) is 2.19. The molecule has 1 amide bonds. The number of amides is 1. The lowest BCUT2D eigenvalue weighted by molar-refractivity contribution is -0.147. The lowest BCUT2D eigenvalue weighted by atomic mass is 10.0. The number of rotatable bonds is 4. The van der Waals surface area contributed by atoms with E-state index in [2.05, 4.69) is 0 Å². The quantitative estimate of drug-likeness (QED) is 0.759. The van der Waals surface area contributed by atoms with Crippen LogP contribution in [0.25, 0.3) is 0 Å². The molecular formula is C11H17NO4. The van der Waals surface area contributed by atoms with E-state index in [1.807, 2.05) is 6.92 Å². The Kier molecular flexibility index (Phi) is 3.14. The summed E-state index contributed by atoms with van der Waals surface area (Å²) >= 11 is 0. The maximum absolute atomic E-state index is 12.2. The summed E-state index contributed by atoms with van der Waals surface area (Å²) in [6.07, 6.45) is 2.49. The van der Waals surface area contributed by atoms with E-state index in [0.29, 0.717) is 13.0 Å². The number of aliphatic carboxylic acids is 1. The van der Waals surface area contributed by atoms with Crippen LogP contribution in [-0.2, 0) is 14.3 Å². The van der Waals surface area contributed by atoms with Crippen LogP contribution >= 0.6 is 0 Å². The van der Waals surface area contributed by atoms with E-state index < -0.39 is 5.97 Å². The molecule has 1 aliphatic carbocycles. The number of carbonyl (C=O) groups is 2. The predicted molar refractivity (Wildman–Crippen MR) is 55.9 cm³/mol. The Balaban J connectivity index is 2.01. The van der Waals surface area contributed by atoms with Gasteiger partial charge in [0.25, 0.3) is 0 Å². The summed E-state index contributed by atoms with van der Waals surface area (Å²) < 4.78 is 5.35. The molecule has 2 atom stereocenters. The summed E-state index contributed by atoms with van der Waals surface area (Å²) in [5.41, 5.74) is 0. The summed E-state index contributed by atoms with van der Waals surface area (Å²) in [6, 6.07) is 0.149. The van der Waals surface area contributed by atoms with Crippen LogP contribution in [0.5, 0.6) is 0 Å². The van der Waals surface area contributed by atoms with Crippen LogP contribution in [0.4, 0.5) is 0 Å². The topological polar surface area (TPSA) is 66.8 Å². The third-order valence-electron chi connectivity index (χ3n) is 3.27. The van der Waals surface area contributed by atoms with Gasteiger partial charge in [-0.25, -0.2) is 0 Å². The van der Waals surface area contributed by atoms with Gasteiger partial charge in [0.2, 0.25) is 5.91 Å². The molecule has 1 saturated carbocycles. The monoisotopic (exact) mass is 227 g/mol. The molecule has 1 heterocycles. The molecular weight excluding hydrogens is 210 g/mol. The van der Waals surface area contributed by atoms with Gasteiger partial charge in [-0.3, -0.25) is 9.59 Å². The van der Waals surface area contributed by atoms with Gasteiger partial charge in [0, 0.05) is 12.6 Å². The highest BCUT2D eigenvalue weighted by molar-refractivity contribution is 5.84. The van der Waals surface area contributed by atoms with Crippen LogP contribution in [-0.4, -0.2) is 47.2 Å². The number of nitrogens with zero attached hydrogens (tertiary/aromatic N) is 1. The van der Waals surface area contributed by atoms with Gasteiger partial charge in [0.05, 0.1) is 12.0 Å². The third-order valence-corrected chi connectivity index (χ3v) is 3.27. The van der Waals surface area contributed by atoms with E-state index >= 15 is 0 Å². The summed E-state index contributed by atoms with van der Waals surface area (Å²) in [6.45, 7) is 2.30. The Morgan fingerprint density at radius 3 is 2.50 bits per heavy atom. The molecule has 0 radical (unpaired) electrons. The van der Waals surface area contributed by atoms with Crippen LogP contribution in [0.3, 0.4) is 0 Å². The molecule has 0 bridgehead atoms. The largest absolute Gasteiger partial charge is 0.480 e. The normalized spacial score (nSPS) is 29.1. The first kappa shape index (κ1) is 11.4. The van der Waals surface area contributed by atoms with Crippen LogP contribution in [0, 0.1) is 5.92 Å². The van der Waals surface area contributed by atoms with E-state index in [0.717, 1.165) is 12.8 Å². The molecule has 0 aromatic carbocycles. The summed E-state index contributed by atoms with van der Waals surface area (Å²) in [5.74, 6) is -1.14. The number of hydrogen-bond acceptors (Lipinski definition) is 3. The first-order valence-corrected chi connectivity index (χ1v) is 5.73. The highest BCUT2D eigenvalue weighted by atomic mass is 16.5. The average molecular weight is 227 g/mol. The minimum absolute atomic E-state index is 0.0464. The first-order valence-electron chi connectivity index (χ1n) is 5.73. The van der Waals surface area contributed by atoms with E-state index in [-0.39, 0.29) is 30.5 Å². The van der Waals surface area contributed by atoms with Gasteiger partial charge in [-0.2, -0.15) is 0 Å². The average Bonchev–Trinajstić information content (AvgIpc) is 2.97. The van der Waals surface area contributed by atoms with Crippen molar-refractivity contribution in [3.8, 4) is 0 Å². The Morgan fingerprint density at radius 2 is 2.06 bits per heavy atom. The molecule has 2 aliphatic rings. The minimum atomic E-state index is -0.938. The maximum atomic E-state index is 12.2. The predicted octanol–water partition coefficient (Wildman–Crippen LogP) is 0.487. The molecule has 2 unspecified atom stereocenters. The highest BCUT2D eigenvalue weighted by Crippen LogP contribution is 2.31. The molecule has 1 N–H and O–H groups in total. The first-order chi connectivity index (χ1) is 7.59. The van der Waals surface area contributed by atoms with Gasteiger partial charge >= 0.3 is 5.97 Å². The van der Waals surface area contributed by atoms with Crippen molar-refractivity contribution in [3.63, 3.8) is 0 Å². The zero-order chi connectivity index (χ0) is 11.7. The Labute approximate surface area is 94.4 Å². The second-order valence-electron chi connectivity index (χ2n) is 4.56. The Morgan fingerprint density at radius 1 is 1.38 bits per heavy atom. The van der Waals surface area contributed by atoms with Crippen molar-refractivity contribution in [1.29, 1.82) is 0 Å². The zero-order valence-corrected chi connectivity index (χ0v) is 9.39. The third kappa shape index (κ3) is 2.35. The lowest BCUT2D eigenvalue weighted by Gasteiger charge is -2.25. The summed E-state index contributed by atoms with van der Waals surface area (Å²) in [5, 5.41) is 8.79. The van der Waals surface area contributed by atoms with Gasteiger partial charge < -0.3 is 14.7 Å². The van der Waals surface area contributed by atoms with Gasteiger partial charge in [-0.1, -0.05) is 0 Å². The molecule has 90 valence electrons. The minimum Gasteiger partial charge on any atom is -0.480 e. The number of carbonyl (C=O) groups excluding carboxylic acids is 1. The molecule has 5 nitrogen and oxygen atoms in total. The van der Waals surface area contributed by atoms with E-state index in [1.165, 1.54) is 4.90 Å². The molecule has 2 rings (SSSR count). The second kappa shape index (κ2) is 4.41. The van der Waals surface area contributed by atoms with E-state index in [4.69, 9.17) is 9.84 Å². The maximum Gasteiger partial charge on any atom is 0.323 e. The Bertz CT molecular complexity index is 300. The van der Waals surface area contributed by atoms with Gasteiger partial charge in [0.1, 0.15) is 6.54 Å². The van der Waals surface area contributed by atoms with Crippen molar-refractivity contribution in [3.05, 3.63) is 0 Å². The lowest BCUT2D eigenvalue weighted by Crippen LogP contribution is -2.42. The van der Waals surface area contributed by atoms with Crippen LogP contribution in [0.2, 0.25) is 0 Å². The molecule has 1 aliphatic heterocycles. The molecule has 2 fully saturated rings. The molecule has 0 aromatic rings. The van der Waals surface area contributed by atoms with Crippen LogP contribution in [0.15, 0.2) is 0 Å². The fourth-order valence-corrected chi connectivity index (χ4v) is 2.19. The van der Waals surface area contributed by atoms with Gasteiger partial charge in [-0.15, -0.1) is 0 Å². The number of hydrogen-bond donors (Lipinski definition) is 1. The van der Waals surface area contributed by atoms with Gasteiger partial charge in [0.15, 0.2) is 0 Å². The van der Waals surface area contributed by atoms with E-state index in [9.17, 15) is 9.59 Å². The smallest absolute Gasteiger partial charge is 0.323 e. The molecule has 0 aromatic heterocycles. The van der Waals surface area contributed by atoms with Gasteiger partial charge in [-0.05, 0) is 26.2 Å². The number of carboxylic acid groups (broad SMARTS) is 1. The van der Waals surface area contributed by atoms with Crippen LogP contribution < -0.4 is 0 Å². The fraction of sp³-hybridized carbons (Fsp3) is 0.818. The van der Waals surface area contributed by atoms with Crippen molar-refractivity contribution in [2.45, 2.75) is 38.3 Å². The number of carboxylic acids is 1. The van der Waals surface area contributed by atoms with Crippen molar-refractivity contribution in [2.75, 3.05) is 13.2 Å². The molecule has 0 spiro atoms. The zero-order valence-electron chi connectivity index (χ0n) is 9.39. The van der Waals surface area contributed by atoms with E-state index in [1.54, 1.807) is 0 Å². The molecule has 1 saturated heterocycles. The second-order valence-corrected chi connectivity index (χ2v) is 4.56. The van der Waals surface area contributed by atoms with Crippen molar-refractivity contribution >= 4 is 11.9 Å². The van der Waals surface area contributed by atoms with Crippen molar-refractivity contribution in [2.24, 2.45) is 5.92 Å². The Hall–Kier alpha value is -1.10. The summed E-state index contributed by atoms with van der Waals surface area (Å²) in [7, 11) is 0. The van der Waals surface area contributed by atoms with Crippen molar-refractivity contribution in [1.82, 2.24) is 4.90 Å².